The van der Waals surface area contributed by atoms with Gasteiger partial charge >= 0.3 is 11.9 Å². The van der Waals surface area contributed by atoms with Crippen LogP contribution in [-0.4, -0.2) is 70.2 Å². The van der Waals surface area contributed by atoms with Gasteiger partial charge in [0, 0.05) is 37.9 Å². The number of piperazine rings is 1. The van der Waals surface area contributed by atoms with E-state index in [1.54, 1.807) is 36.6 Å². The Labute approximate surface area is 181 Å². The summed E-state index contributed by atoms with van der Waals surface area (Å²) in [6, 6.07) is 5.07. The zero-order chi connectivity index (χ0) is 22.5. The van der Waals surface area contributed by atoms with Crippen LogP contribution in [0.25, 0.3) is 0 Å². The molecule has 2 heterocycles. The molecule has 2 aliphatic rings. The summed E-state index contributed by atoms with van der Waals surface area (Å²) >= 11 is 0. The van der Waals surface area contributed by atoms with Crippen LogP contribution in [0.15, 0.2) is 53.9 Å². The van der Waals surface area contributed by atoms with Crippen molar-refractivity contribution in [3.05, 3.63) is 59.5 Å². The van der Waals surface area contributed by atoms with Crippen molar-refractivity contribution in [2.75, 3.05) is 57.2 Å². The van der Waals surface area contributed by atoms with E-state index in [0.717, 1.165) is 31.9 Å². The Morgan fingerprint density at radius 2 is 1.61 bits per heavy atom. The first-order chi connectivity index (χ1) is 14.9. The highest BCUT2D eigenvalue weighted by atomic mass is 16.5. The normalized spacial score (nSPS) is 16.9. The second-order valence-corrected chi connectivity index (χ2v) is 7.17. The predicted molar refractivity (Wildman–Crippen MR) is 116 cm³/mol. The van der Waals surface area contributed by atoms with Crippen LogP contribution in [-0.2, 0) is 19.1 Å². The summed E-state index contributed by atoms with van der Waals surface area (Å²) in [6.07, 6.45) is 6.44. The fourth-order valence-corrected chi connectivity index (χ4v) is 3.54. The van der Waals surface area contributed by atoms with Crippen molar-refractivity contribution in [2.24, 2.45) is 5.73 Å². The molecule has 9 heteroatoms. The summed E-state index contributed by atoms with van der Waals surface area (Å²) in [5.41, 5.74) is 7.15. The number of nitrogens with zero attached hydrogens (tertiary/aromatic N) is 3. The Morgan fingerprint density at radius 3 is 2.23 bits per heavy atom. The second-order valence-electron chi connectivity index (χ2n) is 7.17. The van der Waals surface area contributed by atoms with Crippen LogP contribution in [0.3, 0.4) is 0 Å². The average molecular weight is 426 g/mol. The number of esters is 2. The lowest BCUT2D eigenvalue weighted by Gasteiger charge is -2.37. The first kappa shape index (κ1) is 22.1. The predicted octanol–water partition coefficient (Wildman–Crippen LogP) is 1.03. The first-order valence-corrected chi connectivity index (χ1v) is 9.79. The minimum absolute atomic E-state index is 0.0173. The molecule has 0 aliphatic carbocycles. The molecule has 0 spiro atoms. The van der Waals surface area contributed by atoms with Crippen LogP contribution in [0.2, 0.25) is 0 Å². The van der Waals surface area contributed by atoms with Gasteiger partial charge in [-0.1, -0.05) is 6.08 Å². The maximum Gasteiger partial charge on any atom is 0.355 e. The maximum atomic E-state index is 12.8. The van der Waals surface area contributed by atoms with Crippen molar-refractivity contribution < 1.29 is 23.9 Å². The molecule has 0 unspecified atom stereocenters. The number of carbonyl (C=O) groups is 3. The fraction of sp³-hybridized carbons (Fsp3) is 0.318. The third kappa shape index (κ3) is 4.61. The topological polar surface area (TPSA) is 105 Å². The number of methoxy groups -OCH3 is 2. The largest absolute Gasteiger partial charge is 0.465 e. The van der Waals surface area contributed by atoms with Gasteiger partial charge in [0.05, 0.1) is 31.2 Å². The number of primary amides is 1. The molecule has 164 valence electrons. The molecule has 1 amide bonds. The number of rotatable bonds is 5. The van der Waals surface area contributed by atoms with Gasteiger partial charge in [-0.2, -0.15) is 0 Å². The summed E-state index contributed by atoms with van der Waals surface area (Å²) < 4.78 is 9.85. The number of carbonyl (C=O) groups excluding carboxylic acids is 3. The quantitative estimate of drug-likeness (QED) is 0.696. The van der Waals surface area contributed by atoms with Crippen LogP contribution < -0.4 is 15.5 Å². The zero-order valence-electron chi connectivity index (χ0n) is 17.8. The van der Waals surface area contributed by atoms with E-state index in [4.69, 9.17) is 15.2 Å². The molecule has 0 saturated carbocycles. The molecule has 3 rings (SSSR count). The molecule has 31 heavy (non-hydrogen) atoms. The first-order valence-electron chi connectivity index (χ1n) is 9.79. The van der Waals surface area contributed by atoms with Crippen molar-refractivity contribution in [3.8, 4) is 0 Å². The highest BCUT2D eigenvalue weighted by Gasteiger charge is 2.30. The summed E-state index contributed by atoms with van der Waals surface area (Å²) in [4.78, 5) is 43.0. The van der Waals surface area contributed by atoms with E-state index in [1.807, 2.05) is 0 Å². The van der Waals surface area contributed by atoms with Crippen molar-refractivity contribution in [2.45, 2.75) is 0 Å². The van der Waals surface area contributed by atoms with Gasteiger partial charge in [0.2, 0.25) is 5.91 Å². The number of nitrogens with two attached hydrogens (primary N) is 1. The minimum atomic E-state index is -0.717. The average Bonchev–Trinajstić information content (AvgIpc) is 3.01. The van der Waals surface area contributed by atoms with Gasteiger partial charge < -0.3 is 29.9 Å². The Kier molecular flexibility index (Phi) is 6.76. The molecule has 0 atom stereocenters. The third-order valence-electron chi connectivity index (χ3n) is 5.25. The summed E-state index contributed by atoms with van der Waals surface area (Å²) in [5, 5.41) is 0. The number of benzene rings is 1. The van der Waals surface area contributed by atoms with Crippen molar-refractivity contribution in [3.63, 3.8) is 0 Å². The standard InChI is InChI=1S/C22H26N4O5/c1-24-10-12-25(13-11-24)17-8-7-15(20(23)27)14-18(17)26-9-5-4-6-16(21(28)30-2)19(26)22(29)31-3/h4-9,14H,10-13H2,1-3H3,(H2,23,27). The molecule has 0 radical (unpaired) electrons. The zero-order valence-corrected chi connectivity index (χ0v) is 17.8. The second kappa shape index (κ2) is 9.48. The van der Waals surface area contributed by atoms with Gasteiger partial charge in [0.25, 0.3) is 0 Å². The van der Waals surface area contributed by atoms with Gasteiger partial charge in [-0.3, -0.25) is 4.79 Å². The number of likely N-dealkylation sites (N-methyl/N-ethyl adjacent to an activating group) is 1. The number of anilines is 2. The number of hydrogen-bond donors (Lipinski definition) is 1. The molecule has 9 nitrogen and oxygen atoms in total. The van der Waals surface area contributed by atoms with Crippen molar-refractivity contribution in [1.29, 1.82) is 0 Å². The van der Waals surface area contributed by atoms with E-state index < -0.39 is 17.8 Å². The Hall–Kier alpha value is -3.59. The minimum Gasteiger partial charge on any atom is -0.465 e. The van der Waals surface area contributed by atoms with Crippen LogP contribution in [0.1, 0.15) is 10.4 Å². The number of amides is 1. The smallest absolute Gasteiger partial charge is 0.355 e. The fourth-order valence-electron chi connectivity index (χ4n) is 3.54. The Morgan fingerprint density at radius 1 is 0.935 bits per heavy atom. The van der Waals surface area contributed by atoms with E-state index in [-0.39, 0.29) is 16.8 Å². The van der Waals surface area contributed by atoms with Crippen molar-refractivity contribution in [1.82, 2.24) is 4.90 Å². The van der Waals surface area contributed by atoms with Gasteiger partial charge in [-0.15, -0.1) is 0 Å². The Balaban J connectivity index is 2.21. The van der Waals surface area contributed by atoms with Crippen LogP contribution in [0, 0.1) is 0 Å². The molecule has 0 aromatic heterocycles. The number of ether oxygens (including phenoxy) is 2. The van der Waals surface area contributed by atoms with Gasteiger partial charge in [-0.05, 0) is 37.4 Å². The monoisotopic (exact) mass is 426 g/mol. The van der Waals surface area contributed by atoms with E-state index in [1.165, 1.54) is 25.2 Å². The van der Waals surface area contributed by atoms with E-state index in [2.05, 4.69) is 16.8 Å². The molecule has 1 saturated heterocycles. The lowest BCUT2D eigenvalue weighted by atomic mass is 10.1. The highest BCUT2D eigenvalue weighted by Crippen LogP contribution is 2.36. The molecule has 1 aromatic carbocycles. The molecule has 1 aromatic rings. The summed E-state index contributed by atoms with van der Waals surface area (Å²) in [7, 11) is 4.53. The van der Waals surface area contributed by atoms with E-state index in [0.29, 0.717) is 5.69 Å². The molecular weight excluding hydrogens is 400 g/mol. The van der Waals surface area contributed by atoms with E-state index in [9.17, 15) is 14.4 Å². The molecular formula is C22H26N4O5. The molecule has 2 aliphatic heterocycles. The summed E-state index contributed by atoms with van der Waals surface area (Å²) in [5.74, 6) is -2.00. The lowest BCUT2D eigenvalue weighted by molar-refractivity contribution is -0.139. The van der Waals surface area contributed by atoms with Gasteiger partial charge in [0.15, 0.2) is 0 Å². The van der Waals surface area contributed by atoms with E-state index >= 15 is 0 Å². The summed E-state index contributed by atoms with van der Waals surface area (Å²) in [6.45, 7) is 3.25. The molecule has 2 N–H and O–H groups in total. The maximum absolute atomic E-state index is 12.8. The lowest BCUT2D eigenvalue weighted by Crippen LogP contribution is -2.45. The third-order valence-corrected chi connectivity index (χ3v) is 5.25. The number of hydrogen-bond acceptors (Lipinski definition) is 8. The van der Waals surface area contributed by atoms with Crippen molar-refractivity contribution >= 4 is 29.2 Å². The van der Waals surface area contributed by atoms with Gasteiger partial charge in [-0.25, -0.2) is 9.59 Å². The van der Waals surface area contributed by atoms with Crippen LogP contribution in [0.5, 0.6) is 0 Å². The molecule has 0 bridgehead atoms. The number of allylic oxidation sites excluding steroid dienone is 2. The SMILES string of the molecule is COC(=O)C1=C(C(=O)OC)N(c2cc(C(N)=O)ccc2N2CCN(C)CC2)C=CC=C1. The van der Waals surface area contributed by atoms with Crippen LogP contribution in [0.4, 0.5) is 11.4 Å². The highest BCUT2D eigenvalue weighted by molar-refractivity contribution is 6.06. The molecule has 1 fully saturated rings. The van der Waals surface area contributed by atoms with Gasteiger partial charge in [0.1, 0.15) is 5.70 Å². The van der Waals surface area contributed by atoms with Crippen LogP contribution >= 0.6 is 0 Å². The Bertz CT molecular complexity index is 974.